The third-order valence-corrected chi connectivity index (χ3v) is 2.63. The minimum atomic E-state index is -0.262. The topological polar surface area (TPSA) is 62.1 Å². The lowest BCUT2D eigenvalue weighted by atomic mass is 10.2. The Balaban J connectivity index is 1.91. The molecule has 2 aromatic rings. The maximum absolute atomic E-state index is 11.8. The average molecular weight is 266 g/mol. The molecule has 0 aliphatic heterocycles. The summed E-state index contributed by atoms with van der Waals surface area (Å²) in [6.45, 7) is 1.89. The monoisotopic (exact) mass is 266 g/mol. The number of hydrogen-bond donors (Lipinski definition) is 1. The first-order valence-corrected chi connectivity index (χ1v) is 6.17. The van der Waals surface area contributed by atoms with Crippen molar-refractivity contribution in [3.05, 3.63) is 59.7 Å². The molecule has 0 unspecified atom stereocenters. The van der Waals surface area contributed by atoms with E-state index in [1.807, 2.05) is 31.2 Å². The van der Waals surface area contributed by atoms with E-state index in [-0.39, 0.29) is 12.5 Å². The van der Waals surface area contributed by atoms with Crippen LogP contribution in [-0.4, -0.2) is 12.5 Å². The maximum Gasteiger partial charge on any atom is 0.262 e. The molecule has 0 bridgehead atoms. The number of nitrogens with one attached hydrogen (secondary N) is 1. The second-order valence-corrected chi connectivity index (χ2v) is 4.35. The van der Waals surface area contributed by atoms with Crippen LogP contribution in [0, 0.1) is 18.3 Å². The fourth-order valence-electron chi connectivity index (χ4n) is 1.72. The number of ether oxygens (including phenoxy) is 1. The van der Waals surface area contributed by atoms with Gasteiger partial charge in [0.1, 0.15) is 5.75 Å². The van der Waals surface area contributed by atoms with E-state index in [1.54, 1.807) is 30.3 Å². The largest absolute Gasteiger partial charge is 0.484 e. The van der Waals surface area contributed by atoms with Gasteiger partial charge in [-0.25, -0.2) is 0 Å². The normalized spacial score (nSPS) is 9.60. The highest BCUT2D eigenvalue weighted by molar-refractivity contribution is 5.92. The number of nitriles is 1. The molecule has 4 nitrogen and oxygen atoms in total. The van der Waals surface area contributed by atoms with Gasteiger partial charge in [0, 0.05) is 5.69 Å². The third kappa shape index (κ3) is 3.85. The van der Waals surface area contributed by atoms with Crippen LogP contribution in [0.3, 0.4) is 0 Å². The molecule has 0 heterocycles. The molecule has 20 heavy (non-hydrogen) atoms. The van der Waals surface area contributed by atoms with Crippen molar-refractivity contribution in [3.63, 3.8) is 0 Å². The highest BCUT2D eigenvalue weighted by Gasteiger charge is 2.04. The molecule has 0 aliphatic carbocycles. The standard InChI is InChI=1S/C16H14N2O2/c1-12-4-2-7-15(8-12)20-11-16(19)18-14-6-3-5-13(9-14)10-17/h2-9H,11H2,1H3,(H,18,19). The van der Waals surface area contributed by atoms with E-state index in [9.17, 15) is 4.79 Å². The Labute approximate surface area is 117 Å². The molecular formula is C16H14N2O2. The zero-order valence-electron chi connectivity index (χ0n) is 11.1. The zero-order valence-corrected chi connectivity index (χ0v) is 11.1. The summed E-state index contributed by atoms with van der Waals surface area (Å²) in [4.78, 5) is 11.8. The summed E-state index contributed by atoms with van der Waals surface area (Å²) < 4.78 is 5.40. The van der Waals surface area contributed by atoms with E-state index in [2.05, 4.69) is 5.32 Å². The fourth-order valence-corrected chi connectivity index (χ4v) is 1.72. The van der Waals surface area contributed by atoms with Crippen LogP contribution in [0.15, 0.2) is 48.5 Å². The molecule has 0 fully saturated rings. The van der Waals surface area contributed by atoms with Crippen LogP contribution >= 0.6 is 0 Å². The van der Waals surface area contributed by atoms with Crippen molar-refractivity contribution in [2.45, 2.75) is 6.92 Å². The number of anilines is 1. The number of nitrogens with zero attached hydrogens (tertiary/aromatic N) is 1. The second kappa shape index (κ2) is 6.39. The molecule has 2 rings (SSSR count). The van der Waals surface area contributed by atoms with Gasteiger partial charge in [0.2, 0.25) is 0 Å². The van der Waals surface area contributed by atoms with Gasteiger partial charge in [0.25, 0.3) is 5.91 Å². The molecule has 0 aromatic heterocycles. The van der Waals surface area contributed by atoms with E-state index >= 15 is 0 Å². The van der Waals surface area contributed by atoms with Crippen molar-refractivity contribution in [2.75, 3.05) is 11.9 Å². The van der Waals surface area contributed by atoms with Crippen molar-refractivity contribution < 1.29 is 9.53 Å². The summed E-state index contributed by atoms with van der Waals surface area (Å²) in [5.74, 6) is 0.396. The van der Waals surface area contributed by atoms with Crippen molar-refractivity contribution >= 4 is 11.6 Å². The van der Waals surface area contributed by atoms with Crippen molar-refractivity contribution in [3.8, 4) is 11.8 Å². The van der Waals surface area contributed by atoms with Gasteiger partial charge in [0.05, 0.1) is 11.6 Å². The van der Waals surface area contributed by atoms with Gasteiger partial charge in [-0.05, 0) is 42.8 Å². The van der Waals surface area contributed by atoms with Gasteiger partial charge in [-0.1, -0.05) is 18.2 Å². The lowest BCUT2D eigenvalue weighted by molar-refractivity contribution is -0.118. The van der Waals surface area contributed by atoms with Crippen LogP contribution in [0.2, 0.25) is 0 Å². The van der Waals surface area contributed by atoms with Crippen molar-refractivity contribution in [1.29, 1.82) is 5.26 Å². The summed E-state index contributed by atoms with van der Waals surface area (Å²) in [5.41, 5.74) is 2.16. The Morgan fingerprint density at radius 2 is 2.05 bits per heavy atom. The van der Waals surface area contributed by atoms with E-state index < -0.39 is 0 Å². The summed E-state index contributed by atoms with van der Waals surface area (Å²) in [6.07, 6.45) is 0. The number of carbonyl (C=O) groups excluding carboxylic acids is 1. The van der Waals surface area contributed by atoms with E-state index in [1.165, 1.54) is 0 Å². The fraction of sp³-hybridized carbons (Fsp3) is 0.125. The first-order valence-electron chi connectivity index (χ1n) is 6.17. The molecule has 0 saturated heterocycles. The Morgan fingerprint density at radius 3 is 2.80 bits per heavy atom. The molecule has 2 aromatic carbocycles. The van der Waals surface area contributed by atoms with Crippen LogP contribution in [0.5, 0.6) is 5.75 Å². The number of amides is 1. The third-order valence-electron chi connectivity index (χ3n) is 2.63. The summed E-state index contributed by atoms with van der Waals surface area (Å²) in [5, 5.41) is 11.5. The van der Waals surface area contributed by atoms with Crippen LogP contribution < -0.4 is 10.1 Å². The number of hydrogen-bond acceptors (Lipinski definition) is 3. The SMILES string of the molecule is Cc1cccc(OCC(=O)Nc2cccc(C#N)c2)c1. The summed E-state index contributed by atoms with van der Waals surface area (Å²) >= 11 is 0. The summed E-state index contributed by atoms with van der Waals surface area (Å²) in [6, 6.07) is 16.3. The number of benzene rings is 2. The Bertz CT molecular complexity index is 660. The predicted molar refractivity (Wildman–Crippen MR) is 76.5 cm³/mol. The number of aryl methyl sites for hydroxylation is 1. The Morgan fingerprint density at radius 1 is 1.25 bits per heavy atom. The smallest absolute Gasteiger partial charge is 0.262 e. The highest BCUT2D eigenvalue weighted by atomic mass is 16.5. The second-order valence-electron chi connectivity index (χ2n) is 4.35. The lowest BCUT2D eigenvalue weighted by Gasteiger charge is -2.08. The molecule has 0 saturated carbocycles. The highest BCUT2D eigenvalue weighted by Crippen LogP contribution is 2.13. The first-order chi connectivity index (χ1) is 9.67. The number of carbonyl (C=O) groups is 1. The molecule has 0 radical (unpaired) electrons. The molecule has 0 aliphatic rings. The molecular weight excluding hydrogens is 252 g/mol. The maximum atomic E-state index is 11.8. The van der Waals surface area contributed by atoms with Gasteiger partial charge in [-0.2, -0.15) is 5.26 Å². The van der Waals surface area contributed by atoms with Crippen molar-refractivity contribution in [1.82, 2.24) is 0 Å². The number of rotatable bonds is 4. The minimum Gasteiger partial charge on any atom is -0.484 e. The van der Waals surface area contributed by atoms with Gasteiger partial charge in [-0.3, -0.25) is 4.79 Å². The molecule has 1 amide bonds. The predicted octanol–water partition coefficient (Wildman–Crippen LogP) is 2.88. The minimum absolute atomic E-state index is 0.0692. The first kappa shape index (κ1) is 13.6. The molecule has 4 heteroatoms. The lowest BCUT2D eigenvalue weighted by Crippen LogP contribution is -2.20. The molecule has 100 valence electrons. The van der Waals surface area contributed by atoms with Gasteiger partial charge >= 0.3 is 0 Å². The van der Waals surface area contributed by atoms with E-state index in [4.69, 9.17) is 10.00 Å². The Kier molecular flexibility index (Phi) is 4.35. The van der Waals surface area contributed by atoms with Crippen LogP contribution in [-0.2, 0) is 4.79 Å². The quantitative estimate of drug-likeness (QED) is 0.925. The van der Waals surface area contributed by atoms with Crippen molar-refractivity contribution in [2.24, 2.45) is 0 Å². The Hall–Kier alpha value is -2.80. The van der Waals surface area contributed by atoms with Crippen LogP contribution in [0.1, 0.15) is 11.1 Å². The van der Waals surface area contributed by atoms with E-state index in [0.29, 0.717) is 17.0 Å². The molecule has 0 spiro atoms. The molecule has 0 atom stereocenters. The van der Waals surface area contributed by atoms with Crippen LogP contribution in [0.4, 0.5) is 5.69 Å². The zero-order chi connectivity index (χ0) is 14.4. The van der Waals surface area contributed by atoms with Gasteiger partial charge in [-0.15, -0.1) is 0 Å². The summed E-state index contributed by atoms with van der Waals surface area (Å²) in [7, 11) is 0. The van der Waals surface area contributed by atoms with Gasteiger partial charge in [0.15, 0.2) is 6.61 Å². The van der Waals surface area contributed by atoms with Gasteiger partial charge < -0.3 is 10.1 Å². The van der Waals surface area contributed by atoms with Crippen LogP contribution in [0.25, 0.3) is 0 Å². The average Bonchev–Trinajstić information content (AvgIpc) is 2.45. The molecule has 1 N–H and O–H groups in total. The van der Waals surface area contributed by atoms with E-state index in [0.717, 1.165) is 5.56 Å².